The van der Waals surface area contributed by atoms with E-state index in [9.17, 15) is 9.50 Å². The van der Waals surface area contributed by atoms with Gasteiger partial charge in [-0.2, -0.15) is 11.8 Å². The molecule has 1 saturated heterocycles. The van der Waals surface area contributed by atoms with E-state index in [2.05, 4.69) is 6.92 Å². The van der Waals surface area contributed by atoms with Gasteiger partial charge in [0.25, 0.3) is 0 Å². The number of halogens is 1. The summed E-state index contributed by atoms with van der Waals surface area (Å²) in [6.07, 6.45) is 2.41. The van der Waals surface area contributed by atoms with Gasteiger partial charge in [-0.15, -0.1) is 0 Å². The molecule has 1 nitrogen and oxygen atoms in total. The molecular weight excluding hydrogens is 223 g/mol. The highest BCUT2D eigenvalue weighted by atomic mass is 32.2. The van der Waals surface area contributed by atoms with Crippen LogP contribution in [0.15, 0.2) is 24.3 Å². The molecule has 0 radical (unpaired) electrons. The van der Waals surface area contributed by atoms with Crippen LogP contribution in [0.25, 0.3) is 0 Å². The highest BCUT2D eigenvalue weighted by Crippen LogP contribution is 2.36. The lowest BCUT2D eigenvalue weighted by molar-refractivity contribution is 0.0297. The van der Waals surface area contributed by atoms with E-state index in [4.69, 9.17) is 0 Å². The standard InChI is InChI=1S/C13H17FOS/c1-10-13(15,6-3-7-16-10)9-11-4-2-5-12(14)8-11/h2,4-5,8,10,15H,3,6-7,9H2,1H3. The largest absolute Gasteiger partial charge is 0.388 e. The maximum Gasteiger partial charge on any atom is 0.123 e. The zero-order valence-corrected chi connectivity index (χ0v) is 10.3. The molecule has 1 aliphatic heterocycles. The van der Waals surface area contributed by atoms with Crippen LogP contribution in [0.1, 0.15) is 25.3 Å². The van der Waals surface area contributed by atoms with Crippen LogP contribution in [0.4, 0.5) is 4.39 Å². The topological polar surface area (TPSA) is 20.2 Å². The van der Waals surface area contributed by atoms with Crippen molar-refractivity contribution in [3.63, 3.8) is 0 Å². The quantitative estimate of drug-likeness (QED) is 0.857. The molecule has 1 fully saturated rings. The third-order valence-corrected chi connectivity index (χ3v) is 4.74. The summed E-state index contributed by atoms with van der Waals surface area (Å²) in [4.78, 5) is 0. The van der Waals surface area contributed by atoms with Gasteiger partial charge in [-0.25, -0.2) is 4.39 Å². The lowest BCUT2D eigenvalue weighted by atomic mass is 9.87. The maximum atomic E-state index is 13.1. The molecule has 2 unspecified atom stereocenters. The summed E-state index contributed by atoms with van der Waals surface area (Å²) in [5.41, 5.74) is 0.216. The number of hydrogen-bond donors (Lipinski definition) is 1. The Labute approximate surface area is 100 Å². The van der Waals surface area contributed by atoms with Crippen LogP contribution in [-0.4, -0.2) is 21.7 Å². The van der Waals surface area contributed by atoms with Crippen molar-refractivity contribution in [2.45, 2.75) is 37.0 Å². The van der Waals surface area contributed by atoms with Crippen molar-refractivity contribution >= 4 is 11.8 Å². The van der Waals surface area contributed by atoms with Crippen LogP contribution in [-0.2, 0) is 6.42 Å². The Bertz CT molecular complexity index is 369. The molecular formula is C13H17FOS. The van der Waals surface area contributed by atoms with Crippen LogP contribution in [0.3, 0.4) is 0 Å². The summed E-state index contributed by atoms with van der Waals surface area (Å²) in [5.74, 6) is 0.893. The monoisotopic (exact) mass is 240 g/mol. The zero-order valence-electron chi connectivity index (χ0n) is 9.45. The van der Waals surface area contributed by atoms with E-state index in [-0.39, 0.29) is 11.1 Å². The molecule has 2 atom stereocenters. The van der Waals surface area contributed by atoms with Crippen LogP contribution < -0.4 is 0 Å². The molecule has 0 aromatic heterocycles. The molecule has 0 spiro atoms. The molecule has 0 saturated carbocycles. The number of thioether (sulfide) groups is 1. The van der Waals surface area contributed by atoms with Gasteiger partial charge in [0.05, 0.1) is 5.60 Å². The van der Waals surface area contributed by atoms with Crippen LogP contribution >= 0.6 is 11.8 Å². The first-order valence-corrected chi connectivity index (χ1v) is 6.73. The first kappa shape index (κ1) is 11.9. The molecule has 1 aliphatic rings. The van der Waals surface area contributed by atoms with Gasteiger partial charge in [-0.3, -0.25) is 0 Å². The summed E-state index contributed by atoms with van der Waals surface area (Å²) in [6.45, 7) is 2.06. The second kappa shape index (κ2) is 4.76. The summed E-state index contributed by atoms with van der Waals surface area (Å²) < 4.78 is 13.1. The molecule has 3 heteroatoms. The van der Waals surface area contributed by atoms with E-state index in [1.165, 1.54) is 12.1 Å². The van der Waals surface area contributed by atoms with E-state index in [0.29, 0.717) is 6.42 Å². The first-order valence-electron chi connectivity index (χ1n) is 5.69. The van der Waals surface area contributed by atoms with E-state index >= 15 is 0 Å². The van der Waals surface area contributed by atoms with E-state index in [1.807, 2.05) is 6.07 Å². The highest BCUT2D eigenvalue weighted by molar-refractivity contribution is 8.00. The van der Waals surface area contributed by atoms with E-state index in [0.717, 1.165) is 24.2 Å². The number of rotatable bonds is 2. The first-order chi connectivity index (χ1) is 7.60. The SMILES string of the molecule is CC1SCCCC1(O)Cc1cccc(F)c1. The van der Waals surface area contributed by atoms with Crippen LogP contribution in [0.2, 0.25) is 0 Å². The van der Waals surface area contributed by atoms with Crippen molar-refractivity contribution in [2.75, 3.05) is 5.75 Å². The molecule has 88 valence electrons. The van der Waals surface area contributed by atoms with Gasteiger partial charge in [0.15, 0.2) is 0 Å². The summed E-state index contributed by atoms with van der Waals surface area (Å²) in [5, 5.41) is 10.8. The molecule has 1 aromatic rings. The minimum absolute atomic E-state index is 0.225. The molecule has 0 bridgehead atoms. The van der Waals surface area contributed by atoms with Crippen molar-refractivity contribution in [3.05, 3.63) is 35.6 Å². The maximum absolute atomic E-state index is 13.1. The normalized spacial score (nSPS) is 30.3. The van der Waals surface area contributed by atoms with Crippen molar-refractivity contribution in [1.82, 2.24) is 0 Å². The molecule has 0 aliphatic carbocycles. The predicted octanol–water partition coefficient (Wildman–Crippen LogP) is 3.01. The van der Waals surface area contributed by atoms with Crippen LogP contribution in [0, 0.1) is 5.82 Å². The Hall–Kier alpha value is -0.540. The molecule has 1 N–H and O–H groups in total. The van der Waals surface area contributed by atoms with Gasteiger partial charge < -0.3 is 5.11 Å². The average Bonchev–Trinajstić information content (AvgIpc) is 2.23. The van der Waals surface area contributed by atoms with Gasteiger partial charge in [-0.1, -0.05) is 19.1 Å². The van der Waals surface area contributed by atoms with Gasteiger partial charge in [0, 0.05) is 11.7 Å². The summed E-state index contributed by atoms with van der Waals surface area (Å²) in [7, 11) is 0. The second-order valence-electron chi connectivity index (χ2n) is 4.53. The number of benzene rings is 1. The molecule has 16 heavy (non-hydrogen) atoms. The minimum atomic E-state index is -0.670. The molecule has 2 rings (SSSR count). The number of hydrogen-bond acceptors (Lipinski definition) is 2. The second-order valence-corrected chi connectivity index (χ2v) is 5.98. The fourth-order valence-corrected chi connectivity index (χ4v) is 3.41. The zero-order chi connectivity index (χ0) is 11.6. The summed E-state index contributed by atoms with van der Waals surface area (Å²) in [6, 6.07) is 6.54. The molecule has 1 aromatic carbocycles. The lowest BCUT2D eigenvalue weighted by Gasteiger charge is -2.37. The Balaban J connectivity index is 2.13. The highest BCUT2D eigenvalue weighted by Gasteiger charge is 2.36. The molecule has 1 heterocycles. The van der Waals surface area contributed by atoms with Crippen LogP contribution in [0.5, 0.6) is 0 Å². The smallest absolute Gasteiger partial charge is 0.123 e. The Kier molecular flexibility index (Phi) is 3.55. The van der Waals surface area contributed by atoms with E-state index in [1.54, 1.807) is 17.8 Å². The van der Waals surface area contributed by atoms with E-state index < -0.39 is 5.60 Å². The minimum Gasteiger partial charge on any atom is -0.388 e. The third-order valence-electron chi connectivity index (χ3n) is 3.28. The van der Waals surface area contributed by atoms with Crippen molar-refractivity contribution < 1.29 is 9.50 Å². The predicted molar refractivity (Wildman–Crippen MR) is 66.2 cm³/mol. The van der Waals surface area contributed by atoms with Crippen molar-refractivity contribution in [3.8, 4) is 0 Å². The van der Waals surface area contributed by atoms with Gasteiger partial charge >= 0.3 is 0 Å². The lowest BCUT2D eigenvalue weighted by Crippen LogP contribution is -2.43. The van der Waals surface area contributed by atoms with Crippen molar-refractivity contribution in [1.29, 1.82) is 0 Å². The Morgan fingerprint density at radius 2 is 2.38 bits per heavy atom. The van der Waals surface area contributed by atoms with Crippen molar-refractivity contribution in [2.24, 2.45) is 0 Å². The Morgan fingerprint density at radius 3 is 3.06 bits per heavy atom. The number of aliphatic hydroxyl groups is 1. The Morgan fingerprint density at radius 1 is 1.56 bits per heavy atom. The molecule has 0 amide bonds. The fraction of sp³-hybridized carbons (Fsp3) is 0.538. The average molecular weight is 240 g/mol. The van der Waals surface area contributed by atoms with Gasteiger partial charge in [0.1, 0.15) is 5.82 Å². The van der Waals surface area contributed by atoms with Gasteiger partial charge in [0.2, 0.25) is 0 Å². The third kappa shape index (κ3) is 2.58. The summed E-state index contributed by atoms with van der Waals surface area (Å²) >= 11 is 1.80. The fourth-order valence-electron chi connectivity index (χ4n) is 2.23. The van der Waals surface area contributed by atoms with Gasteiger partial charge in [-0.05, 0) is 36.3 Å².